The molecule has 1 aliphatic heterocycles. The van der Waals surface area contributed by atoms with Crippen LogP contribution in [0.15, 0.2) is 0 Å². The zero-order chi connectivity index (χ0) is 19.0. The Bertz CT molecular complexity index is 278. The normalized spacial score (nSPS) is 17.2. The van der Waals surface area contributed by atoms with E-state index in [0.717, 1.165) is 19.4 Å². The number of carbonyl (C=O) groups is 1. The average Bonchev–Trinajstić information content (AvgIpc) is 3.16. The van der Waals surface area contributed by atoms with Crippen LogP contribution in [0.3, 0.4) is 0 Å². The molecule has 0 saturated carbocycles. The first kappa shape index (κ1) is 24.4. The molecular weight excluding hydrogens is 312 g/mol. The lowest BCUT2D eigenvalue weighted by molar-refractivity contribution is -0.929. The van der Waals surface area contributed by atoms with E-state index in [4.69, 9.17) is 5.11 Å². The highest BCUT2D eigenvalue weighted by Gasteiger charge is 2.24. The summed E-state index contributed by atoms with van der Waals surface area (Å²) >= 11 is 0. The molecule has 0 amide bonds. The van der Waals surface area contributed by atoms with E-state index in [9.17, 15) is 4.79 Å². The lowest BCUT2D eigenvalue weighted by Crippen LogP contribution is -2.50. The first-order valence-electron chi connectivity index (χ1n) is 10.9. The first-order chi connectivity index (χ1) is 12.0. The molecule has 4 nitrogen and oxygen atoms in total. The van der Waals surface area contributed by atoms with Crippen LogP contribution in [0.4, 0.5) is 0 Å². The minimum atomic E-state index is -0.720. The number of carboxylic acids is 1. The molecule has 1 aliphatic rings. The van der Waals surface area contributed by atoms with E-state index < -0.39 is 5.97 Å². The van der Waals surface area contributed by atoms with Gasteiger partial charge in [0, 0.05) is 0 Å². The molecule has 0 radical (unpaired) electrons. The maximum atomic E-state index is 10.1. The second-order valence-electron chi connectivity index (χ2n) is 7.64. The second kappa shape index (κ2) is 15.6. The number of hydrogen-bond donors (Lipinski definition) is 2. The molecule has 4 heteroatoms. The number of carboxylic acid groups (broad SMARTS) is 1. The van der Waals surface area contributed by atoms with Gasteiger partial charge in [0.2, 0.25) is 0 Å². The van der Waals surface area contributed by atoms with E-state index >= 15 is 0 Å². The number of unbranched alkanes of at least 4 members (excludes halogenated alkanes) is 4. The Balaban J connectivity index is 0.000000593. The second-order valence-corrected chi connectivity index (χ2v) is 7.64. The average molecular weight is 358 g/mol. The van der Waals surface area contributed by atoms with E-state index in [1.54, 1.807) is 0 Å². The molecule has 2 N–H and O–H groups in total. The van der Waals surface area contributed by atoms with Gasteiger partial charge in [0.1, 0.15) is 6.04 Å². The Morgan fingerprint density at radius 2 is 1.28 bits per heavy atom. The summed E-state index contributed by atoms with van der Waals surface area (Å²) in [6.45, 7) is 15.9. The minimum absolute atomic E-state index is 0.269. The van der Waals surface area contributed by atoms with Gasteiger partial charge in [0.25, 0.3) is 0 Å². The number of hydrogen-bond acceptors (Lipinski definition) is 2. The van der Waals surface area contributed by atoms with Crippen molar-refractivity contribution in [1.29, 1.82) is 0 Å². The van der Waals surface area contributed by atoms with E-state index in [0.29, 0.717) is 0 Å². The molecule has 1 heterocycles. The summed E-state index contributed by atoms with van der Waals surface area (Å²) in [5.41, 5.74) is 0. The van der Waals surface area contributed by atoms with Crippen LogP contribution in [0.5, 0.6) is 0 Å². The maximum Gasteiger partial charge on any atom is 0.320 e. The van der Waals surface area contributed by atoms with Crippen molar-refractivity contribution in [3.8, 4) is 0 Å². The van der Waals surface area contributed by atoms with Crippen molar-refractivity contribution in [1.82, 2.24) is 5.32 Å². The fraction of sp³-hybridized carbons (Fsp3) is 0.952. The van der Waals surface area contributed by atoms with E-state index in [2.05, 4.69) is 33.0 Å². The smallest absolute Gasteiger partial charge is 0.320 e. The Hall–Kier alpha value is -0.610. The van der Waals surface area contributed by atoms with Gasteiger partial charge in [-0.25, -0.2) is 0 Å². The third-order valence-electron chi connectivity index (χ3n) is 5.30. The van der Waals surface area contributed by atoms with Crippen LogP contribution in [0.25, 0.3) is 0 Å². The third-order valence-corrected chi connectivity index (χ3v) is 5.30. The predicted molar refractivity (Wildman–Crippen MR) is 108 cm³/mol. The Kier molecular flexibility index (Phi) is 15.2. The molecule has 0 aromatic rings. The van der Waals surface area contributed by atoms with Crippen LogP contribution in [-0.4, -0.2) is 54.3 Å². The van der Waals surface area contributed by atoms with Gasteiger partial charge < -0.3 is 14.9 Å². The zero-order valence-corrected chi connectivity index (χ0v) is 17.5. The van der Waals surface area contributed by atoms with Gasteiger partial charge in [-0.05, 0) is 45.1 Å². The van der Waals surface area contributed by atoms with Crippen molar-refractivity contribution in [2.24, 2.45) is 0 Å². The molecule has 1 saturated heterocycles. The Morgan fingerprint density at radius 3 is 1.48 bits per heavy atom. The standard InChI is InChI=1S/C16H36N.C5H9NO2/c1-5-9-13-17(14-10-6-2,15-11-7-3)16-12-8-4;7-5(8)4-2-1-3-6-4/h5-16H2,1-4H3;4,6H,1-3H2,(H,7,8)/q+1;. The lowest BCUT2D eigenvalue weighted by Gasteiger charge is -2.39. The lowest BCUT2D eigenvalue weighted by atomic mass is 10.1. The molecule has 0 spiro atoms. The summed E-state index contributed by atoms with van der Waals surface area (Å²) in [6.07, 6.45) is 12.8. The van der Waals surface area contributed by atoms with Crippen molar-refractivity contribution < 1.29 is 14.4 Å². The van der Waals surface area contributed by atoms with E-state index in [1.165, 1.54) is 82.0 Å². The highest BCUT2D eigenvalue weighted by molar-refractivity contribution is 5.73. The Labute approximate surface area is 157 Å². The molecular formula is C21H45N2O2+. The summed E-state index contributed by atoms with van der Waals surface area (Å²) in [5, 5.41) is 11.2. The van der Waals surface area contributed by atoms with Gasteiger partial charge in [-0.15, -0.1) is 0 Å². The molecule has 0 bridgehead atoms. The number of nitrogens with one attached hydrogen (secondary N) is 1. The molecule has 1 fully saturated rings. The van der Waals surface area contributed by atoms with E-state index in [-0.39, 0.29) is 6.04 Å². The quantitative estimate of drug-likeness (QED) is 0.464. The summed E-state index contributed by atoms with van der Waals surface area (Å²) in [6, 6.07) is -0.269. The largest absolute Gasteiger partial charge is 0.480 e. The van der Waals surface area contributed by atoms with Crippen molar-refractivity contribution in [2.45, 2.75) is 97.9 Å². The first-order valence-corrected chi connectivity index (χ1v) is 10.9. The summed E-state index contributed by atoms with van der Waals surface area (Å²) in [4.78, 5) is 10.1. The fourth-order valence-electron chi connectivity index (χ4n) is 3.54. The topological polar surface area (TPSA) is 49.3 Å². The third kappa shape index (κ3) is 11.6. The highest BCUT2D eigenvalue weighted by atomic mass is 16.4. The van der Waals surface area contributed by atoms with Crippen LogP contribution in [0.2, 0.25) is 0 Å². The zero-order valence-electron chi connectivity index (χ0n) is 17.5. The van der Waals surface area contributed by atoms with Gasteiger partial charge in [0.05, 0.1) is 26.2 Å². The maximum absolute atomic E-state index is 10.1. The fourth-order valence-corrected chi connectivity index (χ4v) is 3.54. The van der Waals surface area contributed by atoms with Crippen molar-refractivity contribution >= 4 is 5.97 Å². The van der Waals surface area contributed by atoms with Crippen molar-refractivity contribution in [2.75, 3.05) is 32.7 Å². The molecule has 1 rings (SSSR count). The molecule has 25 heavy (non-hydrogen) atoms. The number of rotatable bonds is 13. The van der Waals surface area contributed by atoms with Gasteiger partial charge in [0.15, 0.2) is 0 Å². The number of nitrogens with zero attached hydrogens (tertiary/aromatic N) is 1. The molecule has 0 aromatic carbocycles. The summed E-state index contributed by atoms with van der Waals surface area (Å²) in [7, 11) is 0. The predicted octanol–water partition coefficient (Wildman–Crippen LogP) is 4.83. The van der Waals surface area contributed by atoms with Crippen LogP contribution < -0.4 is 5.32 Å². The summed E-state index contributed by atoms with van der Waals surface area (Å²) < 4.78 is 1.42. The van der Waals surface area contributed by atoms with Crippen molar-refractivity contribution in [3.63, 3.8) is 0 Å². The SMILES string of the molecule is CCCC[N+](CCCC)(CCCC)CCCC.O=C(O)C1CCCN1. The minimum Gasteiger partial charge on any atom is -0.480 e. The highest BCUT2D eigenvalue weighted by Crippen LogP contribution is 2.16. The van der Waals surface area contributed by atoms with Gasteiger partial charge >= 0.3 is 5.97 Å². The molecule has 1 unspecified atom stereocenters. The monoisotopic (exact) mass is 357 g/mol. The van der Waals surface area contributed by atoms with Crippen LogP contribution >= 0.6 is 0 Å². The molecule has 0 aromatic heterocycles. The van der Waals surface area contributed by atoms with E-state index in [1.807, 2.05) is 0 Å². The Morgan fingerprint density at radius 1 is 0.880 bits per heavy atom. The number of aliphatic carboxylic acids is 1. The van der Waals surface area contributed by atoms with Gasteiger partial charge in [-0.3, -0.25) is 4.79 Å². The van der Waals surface area contributed by atoms with Crippen LogP contribution in [0.1, 0.15) is 91.9 Å². The number of quaternary nitrogens is 1. The van der Waals surface area contributed by atoms with Crippen LogP contribution in [0, 0.1) is 0 Å². The van der Waals surface area contributed by atoms with Gasteiger partial charge in [-0.1, -0.05) is 53.4 Å². The van der Waals surface area contributed by atoms with Gasteiger partial charge in [-0.2, -0.15) is 0 Å². The molecule has 150 valence electrons. The van der Waals surface area contributed by atoms with Crippen molar-refractivity contribution in [3.05, 3.63) is 0 Å². The summed E-state index contributed by atoms with van der Waals surface area (Å²) in [5.74, 6) is -0.720. The van der Waals surface area contributed by atoms with Crippen LogP contribution in [-0.2, 0) is 4.79 Å². The molecule has 0 aliphatic carbocycles. The molecule has 1 atom stereocenters.